The fourth-order valence-electron chi connectivity index (χ4n) is 2.02. The molecule has 1 aromatic carbocycles. The van der Waals surface area contributed by atoms with Crippen LogP contribution in [0.2, 0.25) is 0 Å². The number of nitrogens with one attached hydrogen (secondary N) is 1. The Labute approximate surface area is 112 Å². The van der Waals surface area contributed by atoms with Crippen LogP contribution in [0.3, 0.4) is 0 Å². The van der Waals surface area contributed by atoms with Gasteiger partial charge in [0, 0.05) is 21.0 Å². The molecule has 92 valence electrons. The Morgan fingerprint density at radius 3 is 2.56 bits per heavy atom. The van der Waals surface area contributed by atoms with Crippen LogP contribution < -0.4 is 5.32 Å². The zero-order valence-corrected chi connectivity index (χ0v) is 11.6. The minimum atomic E-state index is -0.281. The first-order valence-corrected chi connectivity index (χ1v) is 6.71. The first-order valence-electron chi connectivity index (χ1n) is 5.90. The summed E-state index contributed by atoms with van der Waals surface area (Å²) in [6.45, 7) is 6.18. The zero-order valence-electron chi connectivity index (χ0n) is 10.8. The molecule has 0 aliphatic carbocycles. The van der Waals surface area contributed by atoms with Crippen LogP contribution in [-0.2, 0) is 0 Å². The molecule has 0 bridgehead atoms. The fourth-order valence-corrected chi connectivity index (χ4v) is 2.98. The average molecular weight is 256 g/mol. The molecular formula is C15H16N2S. The van der Waals surface area contributed by atoms with E-state index in [1.807, 2.05) is 25.1 Å². The van der Waals surface area contributed by atoms with Gasteiger partial charge in [-0.15, -0.1) is 11.3 Å². The molecule has 0 fully saturated rings. The van der Waals surface area contributed by atoms with E-state index >= 15 is 0 Å². The van der Waals surface area contributed by atoms with E-state index in [0.717, 1.165) is 11.3 Å². The lowest BCUT2D eigenvalue weighted by Crippen LogP contribution is -2.08. The van der Waals surface area contributed by atoms with Crippen LogP contribution in [0.15, 0.2) is 30.3 Å². The van der Waals surface area contributed by atoms with E-state index in [1.54, 1.807) is 11.3 Å². The predicted octanol–water partition coefficient (Wildman–Crippen LogP) is 4.35. The highest BCUT2D eigenvalue weighted by Gasteiger charge is 2.15. The monoisotopic (exact) mass is 256 g/mol. The topological polar surface area (TPSA) is 35.8 Å². The van der Waals surface area contributed by atoms with E-state index in [0.29, 0.717) is 0 Å². The highest BCUT2D eigenvalue weighted by Crippen LogP contribution is 2.28. The van der Waals surface area contributed by atoms with Gasteiger partial charge < -0.3 is 5.32 Å². The number of hydrogen-bond acceptors (Lipinski definition) is 3. The van der Waals surface area contributed by atoms with E-state index < -0.39 is 0 Å². The summed E-state index contributed by atoms with van der Waals surface area (Å²) in [7, 11) is 0. The number of thiophene rings is 1. The van der Waals surface area contributed by atoms with Crippen molar-refractivity contribution in [2.24, 2.45) is 0 Å². The molecule has 1 heterocycles. The van der Waals surface area contributed by atoms with E-state index in [4.69, 9.17) is 0 Å². The van der Waals surface area contributed by atoms with Crippen molar-refractivity contribution in [2.45, 2.75) is 26.8 Å². The minimum Gasteiger partial charge on any atom is -0.366 e. The van der Waals surface area contributed by atoms with Crippen molar-refractivity contribution in [1.29, 1.82) is 5.26 Å². The Morgan fingerprint density at radius 1 is 1.22 bits per heavy atom. The number of hydrogen-bond donors (Lipinski definition) is 1. The molecule has 0 aliphatic heterocycles. The third kappa shape index (κ3) is 2.72. The Bertz CT molecular complexity index is 593. The van der Waals surface area contributed by atoms with Gasteiger partial charge in [-0.3, -0.25) is 0 Å². The lowest BCUT2D eigenvalue weighted by molar-refractivity contribution is 0.992. The minimum absolute atomic E-state index is 0.281. The molecule has 1 unspecified atom stereocenters. The average Bonchev–Trinajstić information content (AvgIpc) is 2.65. The molecule has 1 atom stereocenters. The van der Waals surface area contributed by atoms with Crippen molar-refractivity contribution in [1.82, 2.24) is 0 Å². The summed E-state index contributed by atoms with van der Waals surface area (Å²) in [5.41, 5.74) is 3.27. The molecular weight excluding hydrogens is 240 g/mol. The quantitative estimate of drug-likeness (QED) is 0.886. The highest BCUT2D eigenvalue weighted by molar-refractivity contribution is 7.12. The number of nitrogens with zero attached hydrogens (tertiary/aromatic N) is 1. The van der Waals surface area contributed by atoms with Crippen LogP contribution >= 0.6 is 11.3 Å². The third-order valence-corrected chi connectivity index (χ3v) is 3.83. The van der Waals surface area contributed by atoms with E-state index in [2.05, 4.69) is 37.4 Å². The summed E-state index contributed by atoms with van der Waals surface area (Å²) in [5, 5.41) is 12.6. The Hall–Kier alpha value is -1.79. The molecule has 2 aromatic rings. The number of anilines is 1. The van der Waals surface area contributed by atoms with Crippen molar-refractivity contribution in [3.8, 4) is 6.07 Å². The van der Waals surface area contributed by atoms with Crippen LogP contribution in [0.5, 0.6) is 0 Å². The maximum atomic E-state index is 9.34. The van der Waals surface area contributed by atoms with Crippen molar-refractivity contribution >= 4 is 17.0 Å². The van der Waals surface area contributed by atoms with E-state index in [-0.39, 0.29) is 6.04 Å². The van der Waals surface area contributed by atoms with Gasteiger partial charge in [-0.1, -0.05) is 12.1 Å². The largest absolute Gasteiger partial charge is 0.366 e. The van der Waals surface area contributed by atoms with Crippen LogP contribution in [0, 0.1) is 32.1 Å². The normalized spacial score (nSPS) is 11.9. The van der Waals surface area contributed by atoms with Crippen LogP contribution in [0.25, 0.3) is 0 Å². The van der Waals surface area contributed by atoms with Gasteiger partial charge in [0.15, 0.2) is 0 Å². The second-order valence-corrected chi connectivity index (χ2v) is 5.90. The standard InChI is InChI=1S/C15H16N2S/c1-10-5-4-6-13(7-10)17-15(9-16)14-8-11(2)18-12(14)3/h4-8,15,17H,1-3H3. The number of aryl methyl sites for hydroxylation is 3. The lowest BCUT2D eigenvalue weighted by atomic mass is 10.1. The zero-order chi connectivity index (χ0) is 13.1. The Morgan fingerprint density at radius 2 is 2.00 bits per heavy atom. The first-order chi connectivity index (χ1) is 8.60. The molecule has 0 aliphatic rings. The van der Waals surface area contributed by atoms with Crippen molar-refractivity contribution in [2.75, 3.05) is 5.32 Å². The summed E-state index contributed by atoms with van der Waals surface area (Å²) < 4.78 is 0. The van der Waals surface area contributed by atoms with Gasteiger partial charge in [0.05, 0.1) is 6.07 Å². The van der Waals surface area contributed by atoms with Crippen molar-refractivity contribution in [3.63, 3.8) is 0 Å². The van der Waals surface area contributed by atoms with Crippen molar-refractivity contribution < 1.29 is 0 Å². The van der Waals surface area contributed by atoms with E-state index in [1.165, 1.54) is 15.3 Å². The van der Waals surface area contributed by atoms with Gasteiger partial charge in [0.2, 0.25) is 0 Å². The van der Waals surface area contributed by atoms with Crippen LogP contribution in [0.1, 0.15) is 26.9 Å². The smallest absolute Gasteiger partial charge is 0.141 e. The van der Waals surface area contributed by atoms with Gasteiger partial charge >= 0.3 is 0 Å². The predicted molar refractivity (Wildman–Crippen MR) is 76.9 cm³/mol. The summed E-state index contributed by atoms with van der Waals surface area (Å²) in [6.07, 6.45) is 0. The number of nitriles is 1. The summed E-state index contributed by atoms with van der Waals surface area (Å²) in [5.74, 6) is 0. The lowest BCUT2D eigenvalue weighted by Gasteiger charge is -2.13. The third-order valence-electron chi connectivity index (χ3n) is 2.85. The van der Waals surface area contributed by atoms with Crippen LogP contribution in [0.4, 0.5) is 5.69 Å². The molecule has 3 heteroatoms. The second kappa shape index (κ2) is 5.24. The SMILES string of the molecule is Cc1cccc(NC(C#N)c2cc(C)sc2C)c1. The second-order valence-electron chi connectivity index (χ2n) is 4.44. The number of benzene rings is 1. The number of rotatable bonds is 3. The molecule has 2 rings (SSSR count). The molecule has 2 nitrogen and oxygen atoms in total. The maximum absolute atomic E-state index is 9.34. The van der Waals surface area contributed by atoms with Gasteiger partial charge in [-0.2, -0.15) is 5.26 Å². The highest BCUT2D eigenvalue weighted by atomic mass is 32.1. The molecule has 0 radical (unpaired) electrons. The van der Waals surface area contributed by atoms with Gasteiger partial charge in [-0.25, -0.2) is 0 Å². The summed E-state index contributed by atoms with van der Waals surface area (Å²) in [6, 6.07) is 12.2. The van der Waals surface area contributed by atoms with E-state index in [9.17, 15) is 5.26 Å². The Balaban J connectivity index is 2.26. The van der Waals surface area contributed by atoms with Crippen molar-refractivity contribution in [3.05, 3.63) is 51.2 Å². The van der Waals surface area contributed by atoms with Gasteiger partial charge in [0.1, 0.15) is 6.04 Å². The molecule has 1 N–H and O–H groups in total. The molecule has 0 spiro atoms. The molecule has 1 aromatic heterocycles. The van der Waals surface area contributed by atoms with Crippen LogP contribution in [-0.4, -0.2) is 0 Å². The molecule has 0 saturated carbocycles. The molecule has 0 saturated heterocycles. The van der Waals surface area contributed by atoms with Gasteiger partial charge in [-0.05, 0) is 44.5 Å². The maximum Gasteiger partial charge on any atom is 0.141 e. The Kier molecular flexibility index (Phi) is 3.69. The summed E-state index contributed by atoms with van der Waals surface area (Å²) in [4.78, 5) is 2.45. The van der Waals surface area contributed by atoms with Gasteiger partial charge in [0.25, 0.3) is 0 Å². The fraction of sp³-hybridized carbons (Fsp3) is 0.267. The summed E-state index contributed by atoms with van der Waals surface area (Å²) >= 11 is 1.74. The molecule has 0 amide bonds. The first kappa shape index (κ1) is 12.7. The molecule has 18 heavy (non-hydrogen) atoms.